The van der Waals surface area contributed by atoms with Crippen LogP contribution in [-0.4, -0.2) is 23.2 Å². The number of hydrogen-bond acceptors (Lipinski definition) is 7. The fourth-order valence-electron chi connectivity index (χ4n) is 2.57. The molecule has 2 aromatic carbocycles. The number of methoxy groups -OCH3 is 1. The Kier molecular flexibility index (Phi) is 5.24. The quantitative estimate of drug-likeness (QED) is 0.505. The summed E-state index contributed by atoms with van der Waals surface area (Å²) in [5, 5.41) is 10.8. The van der Waals surface area contributed by atoms with E-state index in [2.05, 4.69) is 15.5 Å². The Morgan fingerprint density at radius 2 is 1.93 bits per heavy atom. The molecule has 29 heavy (non-hydrogen) atoms. The maximum atomic E-state index is 12.1. The summed E-state index contributed by atoms with van der Waals surface area (Å²) < 4.78 is 21.4. The van der Waals surface area contributed by atoms with Crippen LogP contribution in [0.25, 0.3) is 11.5 Å². The third kappa shape index (κ3) is 4.44. The third-order valence-electron chi connectivity index (χ3n) is 4.04. The summed E-state index contributed by atoms with van der Waals surface area (Å²) >= 11 is 0. The highest BCUT2D eigenvalue weighted by atomic mass is 16.5. The first kappa shape index (κ1) is 18.3. The second-order valence-corrected chi connectivity index (χ2v) is 6.01. The maximum Gasteiger partial charge on any atom is 0.258 e. The van der Waals surface area contributed by atoms with Gasteiger partial charge in [-0.2, -0.15) is 0 Å². The van der Waals surface area contributed by atoms with Crippen LogP contribution >= 0.6 is 0 Å². The molecule has 146 valence electrons. The number of hydrogen-bond donors (Lipinski definition) is 1. The molecule has 0 aliphatic rings. The van der Waals surface area contributed by atoms with Crippen molar-refractivity contribution in [1.82, 2.24) is 10.2 Å². The Balaban J connectivity index is 1.38. The molecule has 0 aliphatic heterocycles. The molecule has 0 saturated heterocycles. The van der Waals surface area contributed by atoms with Crippen molar-refractivity contribution in [3.63, 3.8) is 0 Å². The number of amides is 1. The van der Waals surface area contributed by atoms with Gasteiger partial charge in [-0.3, -0.25) is 4.79 Å². The van der Waals surface area contributed by atoms with Crippen LogP contribution in [0.2, 0.25) is 0 Å². The van der Waals surface area contributed by atoms with Crippen LogP contribution in [-0.2, 0) is 6.61 Å². The summed E-state index contributed by atoms with van der Waals surface area (Å²) in [5.41, 5.74) is 1.82. The molecule has 0 spiro atoms. The van der Waals surface area contributed by atoms with Crippen LogP contribution in [0.4, 0.5) is 5.69 Å². The average Bonchev–Trinajstić information content (AvgIpc) is 3.45. The lowest BCUT2D eigenvalue weighted by molar-refractivity contribution is 0.102. The molecule has 0 atom stereocenters. The molecule has 0 fully saturated rings. The number of anilines is 1. The molecule has 8 nitrogen and oxygen atoms in total. The van der Waals surface area contributed by atoms with Gasteiger partial charge in [0.2, 0.25) is 5.89 Å². The first-order chi connectivity index (χ1) is 14.2. The first-order valence-corrected chi connectivity index (χ1v) is 8.74. The zero-order chi connectivity index (χ0) is 20.1. The normalized spacial score (nSPS) is 10.5. The second kappa shape index (κ2) is 8.30. The number of carbonyl (C=O) groups is 1. The van der Waals surface area contributed by atoms with E-state index in [0.29, 0.717) is 28.8 Å². The predicted octanol–water partition coefficient (Wildman–Crippen LogP) is 4.17. The minimum absolute atomic E-state index is 0.0995. The Bertz CT molecular complexity index is 1090. The van der Waals surface area contributed by atoms with Crippen molar-refractivity contribution < 1.29 is 23.1 Å². The number of nitrogens with zero attached hydrogens (tertiary/aromatic N) is 2. The van der Waals surface area contributed by atoms with Gasteiger partial charge in [-0.05, 0) is 42.5 Å². The highest BCUT2D eigenvalue weighted by Gasteiger charge is 2.11. The van der Waals surface area contributed by atoms with Crippen LogP contribution < -0.4 is 14.8 Å². The van der Waals surface area contributed by atoms with E-state index < -0.39 is 0 Å². The molecule has 0 radical (unpaired) electrons. The SMILES string of the molecule is COc1ccc(-c2nnc(COc3cccc(NC(=O)c4ccoc4)c3)o2)cc1. The smallest absolute Gasteiger partial charge is 0.258 e. The van der Waals surface area contributed by atoms with E-state index in [1.807, 2.05) is 24.3 Å². The standard InChI is InChI=1S/C21H17N3O5/c1-26-17-7-5-14(6-8-17)21-24-23-19(29-21)13-28-18-4-2-3-16(11-18)22-20(25)15-9-10-27-12-15/h2-12H,13H2,1H3,(H,22,25). The van der Waals surface area contributed by atoms with E-state index in [1.165, 1.54) is 12.5 Å². The average molecular weight is 391 g/mol. The van der Waals surface area contributed by atoms with Crippen LogP contribution in [0.3, 0.4) is 0 Å². The van der Waals surface area contributed by atoms with Crippen LogP contribution in [0, 0.1) is 0 Å². The van der Waals surface area contributed by atoms with E-state index in [0.717, 1.165) is 11.3 Å². The van der Waals surface area contributed by atoms with Crippen molar-refractivity contribution in [3.05, 3.63) is 78.6 Å². The lowest BCUT2D eigenvalue weighted by atomic mass is 10.2. The topological polar surface area (TPSA) is 99.6 Å². The summed E-state index contributed by atoms with van der Waals surface area (Å²) in [7, 11) is 1.61. The molecule has 0 aliphatic carbocycles. The lowest BCUT2D eigenvalue weighted by Crippen LogP contribution is -2.10. The van der Waals surface area contributed by atoms with E-state index in [1.54, 1.807) is 37.4 Å². The zero-order valence-corrected chi connectivity index (χ0v) is 15.5. The van der Waals surface area contributed by atoms with Gasteiger partial charge >= 0.3 is 0 Å². The summed E-state index contributed by atoms with van der Waals surface area (Å²) in [5.74, 6) is 1.77. The summed E-state index contributed by atoms with van der Waals surface area (Å²) in [6, 6.07) is 15.9. The number of ether oxygens (including phenoxy) is 2. The Hall–Kier alpha value is -4.07. The monoisotopic (exact) mass is 391 g/mol. The molecule has 4 aromatic rings. The minimum Gasteiger partial charge on any atom is -0.497 e. The van der Waals surface area contributed by atoms with E-state index in [-0.39, 0.29) is 12.5 Å². The van der Waals surface area contributed by atoms with Crippen molar-refractivity contribution in [2.45, 2.75) is 6.61 Å². The number of aromatic nitrogens is 2. The van der Waals surface area contributed by atoms with Gasteiger partial charge in [0, 0.05) is 17.3 Å². The van der Waals surface area contributed by atoms with Crippen molar-refractivity contribution in [2.24, 2.45) is 0 Å². The second-order valence-electron chi connectivity index (χ2n) is 6.01. The molecule has 0 bridgehead atoms. The fourth-order valence-corrected chi connectivity index (χ4v) is 2.57. The highest BCUT2D eigenvalue weighted by Crippen LogP contribution is 2.23. The molecule has 2 heterocycles. The maximum absolute atomic E-state index is 12.1. The molecular formula is C21H17N3O5. The van der Waals surface area contributed by atoms with Gasteiger partial charge in [-0.15, -0.1) is 10.2 Å². The molecule has 1 N–H and O–H groups in total. The first-order valence-electron chi connectivity index (χ1n) is 8.74. The van der Waals surface area contributed by atoms with Crippen LogP contribution in [0.15, 0.2) is 76.0 Å². The Labute approximate surface area is 166 Å². The molecular weight excluding hydrogens is 374 g/mol. The van der Waals surface area contributed by atoms with E-state index in [4.69, 9.17) is 18.3 Å². The fraction of sp³-hybridized carbons (Fsp3) is 0.0952. The number of rotatable bonds is 7. The number of carbonyl (C=O) groups excluding carboxylic acids is 1. The predicted molar refractivity (Wildman–Crippen MR) is 104 cm³/mol. The van der Waals surface area contributed by atoms with Crippen LogP contribution in [0.5, 0.6) is 11.5 Å². The zero-order valence-electron chi connectivity index (χ0n) is 15.5. The van der Waals surface area contributed by atoms with E-state index >= 15 is 0 Å². The van der Waals surface area contributed by atoms with E-state index in [9.17, 15) is 4.79 Å². The summed E-state index contributed by atoms with van der Waals surface area (Å²) in [6.07, 6.45) is 2.82. The molecule has 1 amide bonds. The van der Waals surface area contributed by atoms with Gasteiger partial charge in [0.25, 0.3) is 11.8 Å². The minimum atomic E-state index is -0.267. The molecule has 8 heteroatoms. The summed E-state index contributed by atoms with van der Waals surface area (Å²) in [6.45, 7) is 0.0995. The van der Waals surface area contributed by atoms with Gasteiger partial charge in [0.05, 0.1) is 18.9 Å². The van der Waals surface area contributed by atoms with Crippen molar-refractivity contribution in [2.75, 3.05) is 12.4 Å². The molecule has 4 rings (SSSR count). The largest absolute Gasteiger partial charge is 0.497 e. The third-order valence-corrected chi connectivity index (χ3v) is 4.04. The molecule has 2 aromatic heterocycles. The number of furan rings is 1. The molecule has 0 saturated carbocycles. The van der Waals surface area contributed by atoms with Gasteiger partial charge in [0.1, 0.15) is 17.8 Å². The Morgan fingerprint density at radius 1 is 1.07 bits per heavy atom. The van der Waals surface area contributed by atoms with Crippen molar-refractivity contribution in [1.29, 1.82) is 0 Å². The van der Waals surface area contributed by atoms with Crippen molar-refractivity contribution >= 4 is 11.6 Å². The van der Waals surface area contributed by atoms with Crippen LogP contribution in [0.1, 0.15) is 16.2 Å². The van der Waals surface area contributed by atoms with Gasteiger partial charge in [0.15, 0.2) is 6.61 Å². The summed E-state index contributed by atoms with van der Waals surface area (Å²) in [4.78, 5) is 12.1. The Morgan fingerprint density at radius 3 is 2.69 bits per heavy atom. The molecule has 0 unspecified atom stereocenters. The van der Waals surface area contributed by atoms with Gasteiger partial charge in [-0.1, -0.05) is 6.07 Å². The van der Waals surface area contributed by atoms with Gasteiger partial charge in [-0.25, -0.2) is 0 Å². The lowest BCUT2D eigenvalue weighted by Gasteiger charge is -2.07. The number of nitrogens with one attached hydrogen (secondary N) is 1. The highest BCUT2D eigenvalue weighted by molar-refractivity contribution is 6.04. The number of benzene rings is 2. The van der Waals surface area contributed by atoms with Gasteiger partial charge < -0.3 is 23.6 Å². The van der Waals surface area contributed by atoms with Crippen molar-refractivity contribution in [3.8, 4) is 23.0 Å².